The molecule has 0 radical (unpaired) electrons. The molecule has 1 aliphatic rings. The van der Waals surface area contributed by atoms with Gasteiger partial charge < -0.3 is 10.1 Å². The molecular formula is C26H21F2N3O2. The first kappa shape index (κ1) is 20.9. The molecule has 0 spiro atoms. The van der Waals surface area contributed by atoms with Gasteiger partial charge in [-0.05, 0) is 54.8 Å². The van der Waals surface area contributed by atoms with Crippen molar-refractivity contribution in [2.24, 2.45) is 0 Å². The number of hydrogen-bond acceptors (Lipinski definition) is 3. The van der Waals surface area contributed by atoms with E-state index in [4.69, 9.17) is 4.74 Å². The molecule has 2 N–H and O–H groups in total. The fraction of sp³-hybridized carbons (Fsp3) is 0.154. The van der Waals surface area contributed by atoms with Crippen LogP contribution in [0.25, 0.3) is 22.5 Å². The third-order valence-corrected chi connectivity index (χ3v) is 5.97. The van der Waals surface area contributed by atoms with Crippen LogP contribution >= 0.6 is 0 Å². The van der Waals surface area contributed by atoms with E-state index in [0.29, 0.717) is 5.56 Å². The molecule has 7 heteroatoms. The molecule has 0 bridgehead atoms. The molecule has 5 rings (SSSR count). The smallest absolute Gasteiger partial charge is 0.251 e. The summed E-state index contributed by atoms with van der Waals surface area (Å²) in [5, 5.41) is 10.4. The van der Waals surface area contributed by atoms with Crippen molar-refractivity contribution in [3.05, 3.63) is 94.6 Å². The molecule has 1 aromatic heterocycles. The number of methoxy groups -OCH3 is 1. The molecule has 33 heavy (non-hydrogen) atoms. The Balaban J connectivity index is 1.33. The number of halogens is 2. The van der Waals surface area contributed by atoms with E-state index in [1.165, 1.54) is 17.7 Å². The van der Waals surface area contributed by atoms with Gasteiger partial charge in [-0.15, -0.1) is 0 Å². The first-order valence-corrected chi connectivity index (χ1v) is 10.6. The number of aromatic amines is 1. The number of nitrogens with zero attached hydrogens (tertiary/aromatic N) is 1. The molecule has 1 heterocycles. The van der Waals surface area contributed by atoms with Crippen molar-refractivity contribution in [1.82, 2.24) is 15.5 Å². The maximum Gasteiger partial charge on any atom is 0.251 e. The van der Waals surface area contributed by atoms with Crippen molar-refractivity contribution in [2.45, 2.75) is 19.4 Å². The maximum atomic E-state index is 13.8. The lowest BCUT2D eigenvalue weighted by Gasteiger charge is -2.17. The summed E-state index contributed by atoms with van der Waals surface area (Å²) in [5.74, 6) is -0.832. The Morgan fingerprint density at radius 2 is 1.88 bits per heavy atom. The van der Waals surface area contributed by atoms with Gasteiger partial charge in [0.05, 0.1) is 18.5 Å². The number of hydrogen-bond donors (Lipinski definition) is 2. The summed E-state index contributed by atoms with van der Waals surface area (Å²) in [6, 6.07) is 16.5. The molecule has 0 aliphatic heterocycles. The predicted octanol–water partition coefficient (Wildman–Crippen LogP) is 5.06. The topological polar surface area (TPSA) is 67.0 Å². The Kier molecular flexibility index (Phi) is 5.38. The Bertz CT molecular complexity index is 1350. The summed E-state index contributed by atoms with van der Waals surface area (Å²) in [7, 11) is 1.66. The maximum absolute atomic E-state index is 13.8. The van der Waals surface area contributed by atoms with E-state index in [0.717, 1.165) is 52.7 Å². The number of rotatable bonds is 5. The van der Waals surface area contributed by atoms with Gasteiger partial charge >= 0.3 is 0 Å². The average Bonchev–Trinajstić information content (AvgIpc) is 3.27. The fourth-order valence-electron chi connectivity index (χ4n) is 4.20. The largest absolute Gasteiger partial charge is 0.497 e. The molecular weight excluding hydrogens is 424 g/mol. The number of amides is 1. The first-order valence-electron chi connectivity index (χ1n) is 10.6. The minimum atomic E-state index is -0.686. The van der Waals surface area contributed by atoms with E-state index in [9.17, 15) is 13.6 Å². The normalized spacial score (nSPS) is 12.1. The Morgan fingerprint density at radius 3 is 2.64 bits per heavy atom. The summed E-state index contributed by atoms with van der Waals surface area (Å²) in [5.41, 5.74) is 6.96. The van der Waals surface area contributed by atoms with Crippen molar-refractivity contribution >= 4 is 5.91 Å². The number of carbonyl (C=O) groups excluding carboxylic acids is 1. The third kappa shape index (κ3) is 3.98. The Hall–Kier alpha value is -4.00. The summed E-state index contributed by atoms with van der Waals surface area (Å²) in [6.45, 7) is -0.0240. The van der Waals surface area contributed by atoms with E-state index in [-0.39, 0.29) is 18.0 Å². The molecule has 1 aliphatic carbocycles. The van der Waals surface area contributed by atoms with Gasteiger partial charge in [0, 0.05) is 40.4 Å². The highest BCUT2D eigenvalue weighted by Gasteiger charge is 2.23. The molecule has 0 unspecified atom stereocenters. The van der Waals surface area contributed by atoms with Crippen LogP contribution in [0.15, 0.2) is 60.7 Å². The molecule has 166 valence electrons. The van der Waals surface area contributed by atoms with Gasteiger partial charge in [0.2, 0.25) is 0 Å². The van der Waals surface area contributed by atoms with E-state index >= 15 is 0 Å². The van der Waals surface area contributed by atoms with E-state index in [1.54, 1.807) is 19.2 Å². The minimum absolute atomic E-state index is 0.0240. The van der Waals surface area contributed by atoms with Gasteiger partial charge in [0.25, 0.3) is 5.91 Å². The van der Waals surface area contributed by atoms with Crippen LogP contribution in [0.5, 0.6) is 5.75 Å². The van der Waals surface area contributed by atoms with Crippen LogP contribution in [0.1, 0.15) is 27.0 Å². The van der Waals surface area contributed by atoms with Crippen LogP contribution in [0.3, 0.4) is 0 Å². The number of aryl methyl sites for hydroxylation is 1. The minimum Gasteiger partial charge on any atom is -0.497 e. The molecule has 5 nitrogen and oxygen atoms in total. The zero-order valence-electron chi connectivity index (χ0n) is 17.9. The fourth-order valence-corrected chi connectivity index (χ4v) is 4.20. The number of fused-ring (bicyclic) bond motifs is 3. The van der Waals surface area contributed by atoms with Crippen LogP contribution in [0, 0.1) is 11.6 Å². The summed E-state index contributed by atoms with van der Waals surface area (Å²) in [6.07, 6.45) is 1.75. The second-order valence-corrected chi connectivity index (χ2v) is 7.94. The molecule has 0 atom stereocenters. The standard InChI is InChI=1S/C26H21F2N3O2/c1-33-20-9-11-21-17(12-20)7-10-22-24(30-31-25(21)22)15-2-4-16(5-3-15)26(32)29-14-18-6-8-19(27)13-23(18)28/h2-6,8-9,11-13H,7,10,14H2,1H3,(H,29,32)(H,30,31). The van der Waals surface area contributed by atoms with Gasteiger partial charge in [-0.3, -0.25) is 9.89 Å². The van der Waals surface area contributed by atoms with Crippen LogP contribution in [0.2, 0.25) is 0 Å². The van der Waals surface area contributed by atoms with Crippen LogP contribution in [0.4, 0.5) is 8.78 Å². The molecule has 0 saturated heterocycles. The molecule has 4 aromatic rings. The number of carbonyl (C=O) groups is 1. The second kappa shape index (κ2) is 8.50. The Morgan fingerprint density at radius 1 is 1.06 bits per heavy atom. The van der Waals surface area contributed by atoms with Crippen LogP contribution in [-0.4, -0.2) is 23.2 Å². The van der Waals surface area contributed by atoms with Crippen molar-refractivity contribution in [3.8, 4) is 28.3 Å². The highest BCUT2D eigenvalue weighted by atomic mass is 19.1. The zero-order chi connectivity index (χ0) is 22.9. The second-order valence-electron chi connectivity index (χ2n) is 7.94. The van der Waals surface area contributed by atoms with Crippen molar-refractivity contribution in [3.63, 3.8) is 0 Å². The van der Waals surface area contributed by atoms with Gasteiger partial charge in [-0.25, -0.2) is 8.78 Å². The zero-order valence-corrected chi connectivity index (χ0v) is 17.9. The lowest BCUT2D eigenvalue weighted by Crippen LogP contribution is -2.23. The van der Waals surface area contributed by atoms with Crippen molar-refractivity contribution in [1.29, 1.82) is 0 Å². The van der Waals surface area contributed by atoms with E-state index in [1.807, 2.05) is 24.3 Å². The average molecular weight is 445 g/mol. The summed E-state index contributed by atoms with van der Waals surface area (Å²) < 4.78 is 32.1. The van der Waals surface area contributed by atoms with Gasteiger partial charge in [0.15, 0.2) is 0 Å². The number of ether oxygens (including phenoxy) is 1. The third-order valence-electron chi connectivity index (χ3n) is 5.97. The molecule has 0 saturated carbocycles. The molecule has 0 fully saturated rings. The van der Waals surface area contributed by atoms with Gasteiger partial charge in [-0.1, -0.05) is 18.2 Å². The van der Waals surface area contributed by atoms with Crippen molar-refractivity contribution in [2.75, 3.05) is 7.11 Å². The monoisotopic (exact) mass is 445 g/mol. The highest BCUT2D eigenvalue weighted by Crippen LogP contribution is 2.38. The lowest BCUT2D eigenvalue weighted by atomic mass is 9.87. The first-order chi connectivity index (χ1) is 16.0. The summed E-state index contributed by atoms with van der Waals surface area (Å²) in [4.78, 5) is 12.5. The molecule has 1 amide bonds. The van der Waals surface area contributed by atoms with Gasteiger partial charge in [0.1, 0.15) is 17.4 Å². The molecule has 3 aromatic carbocycles. The quantitative estimate of drug-likeness (QED) is 0.451. The SMILES string of the molecule is COc1ccc2c(c1)CCc1c(-c3ccc(C(=O)NCc4ccc(F)cc4F)cc3)n[nH]c1-2. The van der Waals surface area contributed by atoms with E-state index in [2.05, 4.69) is 21.6 Å². The number of aromatic nitrogens is 2. The number of H-pyrrole nitrogens is 1. The predicted molar refractivity (Wildman–Crippen MR) is 121 cm³/mol. The number of nitrogens with one attached hydrogen (secondary N) is 2. The van der Waals surface area contributed by atoms with Crippen LogP contribution in [-0.2, 0) is 19.4 Å². The van der Waals surface area contributed by atoms with Gasteiger partial charge in [-0.2, -0.15) is 5.10 Å². The van der Waals surface area contributed by atoms with E-state index < -0.39 is 11.6 Å². The lowest BCUT2D eigenvalue weighted by molar-refractivity contribution is 0.0950. The van der Waals surface area contributed by atoms with Crippen LogP contribution < -0.4 is 10.1 Å². The highest BCUT2D eigenvalue weighted by molar-refractivity contribution is 5.94. The Labute approximate surface area is 189 Å². The number of benzene rings is 3. The summed E-state index contributed by atoms with van der Waals surface area (Å²) >= 11 is 0. The van der Waals surface area contributed by atoms with Crippen molar-refractivity contribution < 1.29 is 18.3 Å².